The minimum Gasteiger partial charge on any atom is -0.304 e. The third-order valence-electron chi connectivity index (χ3n) is 2.98. The highest BCUT2D eigenvalue weighted by Crippen LogP contribution is 2.10. The molecule has 0 spiro atoms. The van der Waals surface area contributed by atoms with Crippen molar-refractivity contribution in [1.29, 1.82) is 5.41 Å². The average molecular weight is 247 g/mol. The molecule has 0 aliphatic heterocycles. The summed E-state index contributed by atoms with van der Waals surface area (Å²) < 4.78 is 0. The van der Waals surface area contributed by atoms with Crippen LogP contribution in [0.5, 0.6) is 0 Å². The number of aromatic nitrogens is 2. The molecule has 0 saturated carbocycles. The summed E-state index contributed by atoms with van der Waals surface area (Å²) in [5, 5.41) is 8.11. The first-order valence-electron chi connectivity index (χ1n) is 6.16. The Balaban J connectivity index is 1.87. The van der Waals surface area contributed by atoms with Crippen LogP contribution in [-0.2, 0) is 6.42 Å². The van der Waals surface area contributed by atoms with E-state index >= 15 is 0 Å². The minimum absolute atomic E-state index is 0.502. The number of fused-ring (bicyclic) bond motifs is 1. The second-order valence-corrected chi connectivity index (χ2v) is 4.37. The van der Waals surface area contributed by atoms with Crippen molar-refractivity contribution in [2.24, 2.45) is 0 Å². The van der Waals surface area contributed by atoms with Crippen molar-refractivity contribution in [2.75, 3.05) is 0 Å². The first-order valence-corrected chi connectivity index (χ1v) is 6.16. The van der Waals surface area contributed by atoms with Crippen molar-refractivity contribution in [2.45, 2.75) is 6.42 Å². The van der Waals surface area contributed by atoms with E-state index in [2.05, 4.69) is 9.97 Å². The highest BCUT2D eigenvalue weighted by Gasteiger charge is 2.05. The van der Waals surface area contributed by atoms with Gasteiger partial charge in [0.2, 0.25) is 0 Å². The summed E-state index contributed by atoms with van der Waals surface area (Å²) in [7, 11) is 0. The Bertz CT molecular complexity index is 720. The molecule has 19 heavy (non-hydrogen) atoms. The molecule has 0 atom stereocenters. The van der Waals surface area contributed by atoms with E-state index in [1.165, 1.54) is 0 Å². The minimum atomic E-state index is 0.502. The Morgan fingerprint density at radius 1 is 0.895 bits per heavy atom. The van der Waals surface area contributed by atoms with Gasteiger partial charge < -0.3 is 5.41 Å². The topological polar surface area (TPSA) is 49.6 Å². The van der Waals surface area contributed by atoms with Gasteiger partial charge >= 0.3 is 0 Å². The standard InChI is InChI=1S/C16H13N3/c17-14(12-6-2-1-3-7-12)10-13-11-18-15-8-4-5-9-16(15)19-13/h1-9,11,17H,10H2. The third kappa shape index (κ3) is 2.50. The van der Waals surface area contributed by atoms with Crippen LogP contribution in [0, 0.1) is 5.41 Å². The molecule has 0 unspecified atom stereocenters. The largest absolute Gasteiger partial charge is 0.304 e. The highest BCUT2D eigenvalue weighted by atomic mass is 14.8. The summed E-state index contributed by atoms with van der Waals surface area (Å²) in [6.07, 6.45) is 2.25. The predicted octanol–water partition coefficient (Wildman–Crippen LogP) is 3.24. The van der Waals surface area contributed by atoms with Crippen LogP contribution < -0.4 is 0 Å². The van der Waals surface area contributed by atoms with Crippen LogP contribution in [-0.4, -0.2) is 15.7 Å². The molecule has 92 valence electrons. The summed E-state index contributed by atoms with van der Waals surface area (Å²) in [6, 6.07) is 17.5. The lowest BCUT2D eigenvalue weighted by atomic mass is 10.1. The van der Waals surface area contributed by atoms with E-state index in [-0.39, 0.29) is 0 Å². The number of benzene rings is 2. The fourth-order valence-electron chi connectivity index (χ4n) is 2.00. The first-order chi connectivity index (χ1) is 9.33. The van der Waals surface area contributed by atoms with Crippen molar-refractivity contribution >= 4 is 16.7 Å². The van der Waals surface area contributed by atoms with Gasteiger partial charge in [0.25, 0.3) is 0 Å². The maximum absolute atomic E-state index is 8.11. The molecule has 1 N–H and O–H groups in total. The third-order valence-corrected chi connectivity index (χ3v) is 2.98. The van der Waals surface area contributed by atoms with Crippen molar-refractivity contribution < 1.29 is 0 Å². The van der Waals surface area contributed by atoms with Gasteiger partial charge in [-0.25, -0.2) is 4.98 Å². The normalized spacial score (nSPS) is 10.5. The van der Waals surface area contributed by atoms with Crippen molar-refractivity contribution in [3.05, 3.63) is 72.1 Å². The molecule has 3 heteroatoms. The molecule has 3 rings (SSSR count). The number of nitrogens with zero attached hydrogens (tertiary/aromatic N) is 2. The molecule has 0 bridgehead atoms. The maximum Gasteiger partial charge on any atom is 0.0890 e. The van der Waals surface area contributed by atoms with Gasteiger partial charge in [0.15, 0.2) is 0 Å². The van der Waals surface area contributed by atoms with Gasteiger partial charge in [0.05, 0.1) is 16.7 Å². The molecule has 0 radical (unpaired) electrons. The van der Waals surface area contributed by atoms with Gasteiger partial charge in [-0.3, -0.25) is 4.98 Å². The summed E-state index contributed by atoms with van der Waals surface area (Å²) in [5.41, 5.74) is 4.08. The van der Waals surface area contributed by atoms with Crippen LogP contribution in [0.4, 0.5) is 0 Å². The van der Waals surface area contributed by atoms with E-state index in [4.69, 9.17) is 5.41 Å². The Kier molecular flexibility index (Phi) is 3.02. The number of rotatable bonds is 3. The summed E-state index contributed by atoms with van der Waals surface area (Å²) in [4.78, 5) is 8.91. The quantitative estimate of drug-likeness (QED) is 0.722. The molecule has 0 fully saturated rings. The summed E-state index contributed by atoms with van der Waals surface area (Å²) in [5.74, 6) is 0. The SMILES string of the molecule is N=C(Cc1cnc2ccccc2n1)c1ccccc1. The van der Waals surface area contributed by atoms with Gasteiger partial charge in [0, 0.05) is 18.3 Å². The van der Waals surface area contributed by atoms with E-state index in [0.717, 1.165) is 22.3 Å². The zero-order valence-electron chi connectivity index (χ0n) is 10.4. The van der Waals surface area contributed by atoms with E-state index in [1.54, 1.807) is 6.20 Å². The lowest BCUT2D eigenvalue weighted by Crippen LogP contribution is -2.05. The fraction of sp³-hybridized carbons (Fsp3) is 0.0625. The fourth-order valence-corrected chi connectivity index (χ4v) is 2.00. The van der Waals surface area contributed by atoms with Crippen LogP contribution in [0.3, 0.4) is 0 Å². The summed E-state index contributed by atoms with van der Waals surface area (Å²) in [6.45, 7) is 0. The van der Waals surface area contributed by atoms with Crippen LogP contribution in [0.2, 0.25) is 0 Å². The van der Waals surface area contributed by atoms with Gasteiger partial charge in [-0.15, -0.1) is 0 Å². The van der Waals surface area contributed by atoms with E-state index < -0.39 is 0 Å². The first kappa shape index (κ1) is 11.5. The number of hydrogen-bond donors (Lipinski definition) is 1. The van der Waals surface area contributed by atoms with Gasteiger partial charge in [-0.05, 0) is 17.7 Å². The Morgan fingerprint density at radius 2 is 1.58 bits per heavy atom. The molecule has 1 aromatic heterocycles. The zero-order chi connectivity index (χ0) is 13.1. The maximum atomic E-state index is 8.11. The van der Waals surface area contributed by atoms with E-state index in [1.807, 2.05) is 54.6 Å². The molecular formula is C16H13N3. The molecule has 2 aromatic carbocycles. The Labute approximate surface area is 111 Å². The lowest BCUT2D eigenvalue weighted by molar-refractivity contribution is 1.12. The van der Waals surface area contributed by atoms with Crippen LogP contribution in [0.25, 0.3) is 11.0 Å². The molecule has 0 aliphatic rings. The Morgan fingerprint density at radius 3 is 2.37 bits per heavy atom. The van der Waals surface area contributed by atoms with Gasteiger partial charge in [-0.1, -0.05) is 42.5 Å². The second kappa shape index (κ2) is 4.98. The van der Waals surface area contributed by atoms with Gasteiger partial charge in [0.1, 0.15) is 0 Å². The number of para-hydroxylation sites is 2. The zero-order valence-corrected chi connectivity index (χ0v) is 10.4. The van der Waals surface area contributed by atoms with E-state index in [9.17, 15) is 0 Å². The van der Waals surface area contributed by atoms with Crippen LogP contribution >= 0.6 is 0 Å². The molecule has 3 aromatic rings. The summed E-state index contributed by atoms with van der Waals surface area (Å²) >= 11 is 0. The lowest BCUT2D eigenvalue weighted by Gasteiger charge is -2.04. The highest BCUT2D eigenvalue weighted by molar-refractivity contribution is 5.99. The predicted molar refractivity (Wildman–Crippen MR) is 76.5 cm³/mol. The smallest absolute Gasteiger partial charge is 0.0890 e. The Hall–Kier alpha value is -2.55. The van der Waals surface area contributed by atoms with Crippen molar-refractivity contribution in [3.63, 3.8) is 0 Å². The molecular weight excluding hydrogens is 234 g/mol. The van der Waals surface area contributed by atoms with Crippen LogP contribution in [0.1, 0.15) is 11.3 Å². The number of hydrogen-bond acceptors (Lipinski definition) is 3. The average Bonchev–Trinajstić information content (AvgIpc) is 2.48. The second-order valence-electron chi connectivity index (χ2n) is 4.37. The molecule has 0 saturated heterocycles. The van der Waals surface area contributed by atoms with Crippen LogP contribution in [0.15, 0.2) is 60.8 Å². The van der Waals surface area contributed by atoms with Crippen molar-refractivity contribution in [1.82, 2.24) is 9.97 Å². The monoisotopic (exact) mass is 247 g/mol. The van der Waals surface area contributed by atoms with Gasteiger partial charge in [-0.2, -0.15) is 0 Å². The van der Waals surface area contributed by atoms with Crippen molar-refractivity contribution in [3.8, 4) is 0 Å². The number of nitrogens with one attached hydrogen (secondary N) is 1. The molecule has 3 nitrogen and oxygen atoms in total. The molecule has 0 amide bonds. The molecule has 1 heterocycles. The molecule has 0 aliphatic carbocycles. The van der Waals surface area contributed by atoms with E-state index in [0.29, 0.717) is 12.1 Å².